The lowest BCUT2D eigenvalue weighted by atomic mass is 10.0. The zero-order valence-corrected chi connectivity index (χ0v) is 17.4. The summed E-state index contributed by atoms with van der Waals surface area (Å²) in [5, 5.41) is 9.23. The van der Waals surface area contributed by atoms with Gasteiger partial charge in [-0.15, -0.1) is 0 Å². The molecule has 1 aliphatic heterocycles. The summed E-state index contributed by atoms with van der Waals surface area (Å²) < 4.78 is 26.8. The monoisotopic (exact) mass is 431 g/mol. The first-order chi connectivity index (χ1) is 13.9. The number of sulfonamides is 1. The van der Waals surface area contributed by atoms with Crippen molar-refractivity contribution in [2.24, 2.45) is 0 Å². The summed E-state index contributed by atoms with van der Waals surface area (Å²) in [6, 6.07) is 15.5. The van der Waals surface area contributed by atoms with Crippen LogP contribution in [-0.4, -0.2) is 38.4 Å². The molecule has 29 heavy (non-hydrogen) atoms. The minimum atomic E-state index is -3.69. The standard InChI is InChI=1S/C21H22ClN3O3S/c22-20-7-2-1-5-17(20)15-18-6-3-14-25(18)21(26)16-8-10-19(11-9-16)29(27,28)24-13-4-12-23/h1-2,5,7-11,18,24H,3-4,6,13-15H2. The zero-order chi connectivity index (χ0) is 20.9. The summed E-state index contributed by atoms with van der Waals surface area (Å²) in [4.78, 5) is 14.9. The Morgan fingerprint density at radius 2 is 1.93 bits per heavy atom. The average molecular weight is 432 g/mol. The second-order valence-corrected chi connectivity index (χ2v) is 9.09. The van der Waals surface area contributed by atoms with Crippen molar-refractivity contribution in [2.45, 2.75) is 36.6 Å². The second kappa shape index (κ2) is 9.40. The van der Waals surface area contributed by atoms with E-state index in [-0.39, 0.29) is 29.8 Å². The molecule has 3 rings (SSSR count). The van der Waals surface area contributed by atoms with E-state index in [1.165, 1.54) is 24.3 Å². The molecule has 1 unspecified atom stereocenters. The van der Waals surface area contributed by atoms with Crippen molar-refractivity contribution in [3.8, 4) is 6.07 Å². The highest BCUT2D eigenvalue weighted by Gasteiger charge is 2.30. The Morgan fingerprint density at radius 1 is 1.21 bits per heavy atom. The first-order valence-corrected chi connectivity index (χ1v) is 11.3. The Labute approximate surface area is 176 Å². The van der Waals surface area contributed by atoms with E-state index in [0.717, 1.165) is 18.4 Å². The maximum Gasteiger partial charge on any atom is 0.254 e. The van der Waals surface area contributed by atoms with Gasteiger partial charge in [0.25, 0.3) is 5.91 Å². The van der Waals surface area contributed by atoms with E-state index in [4.69, 9.17) is 16.9 Å². The van der Waals surface area contributed by atoms with Crippen molar-refractivity contribution in [1.29, 1.82) is 5.26 Å². The molecule has 1 heterocycles. The first-order valence-electron chi connectivity index (χ1n) is 9.43. The van der Waals surface area contributed by atoms with Gasteiger partial charge in [0.1, 0.15) is 0 Å². The van der Waals surface area contributed by atoms with Gasteiger partial charge in [0, 0.05) is 36.1 Å². The zero-order valence-electron chi connectivity index (χ0n) is 15.8. The van der Waals surface area contributed by atoms with Crippen LogP contribution in [0.2, 0.25) is 5.02 Å². The molecule has 152 valence electrons. The quantitative estimate of drug-likeness (QED) is 0.680. The average Bonchev–Trinajstić information content (AvgIpc) is 3.17. The normalized spacial score (nSPS) is 16.6. The molecule has 0 spiro atoms. The molecule has 1 saturated heterocycles. The molecule has 0 aliphatic carbocycles. The lowest BCUT2D eigenvalue weighted by Crippen LogP contribution is -2.36. The van der Waals surface area contributed by atoms with Crippen LogP contribution in [-0.2, 0) is 16.4 Å². The SMILES string of the molecule is N#CCCNS(=O)(=O)c1ccc(C(=O)N2CCCC2Cc2ccccc2Cl)cc1. The number of hydrogen-bond donors (Lipinski definition) is 1. The van der Waals surface area contributed by atoms with Crippen LogP contribution in [0.5, 0.6) is 0 Å². The number of benzene rings is 2. The summed E-state index contributed by atoms with van der Waals surface area (Å²) in [5.41, 5.74) is 1.47. The molecule has 1 fully saturated rings. The highest BCUT2D eigenvalue weighted by atomic mass is 35.5. The van der Waals surface area contributed by atoms with Gasteiger partial charge in [-0.25, -0.2) is 13.1 Å². The van der Waals surface area contributed by atoms with E-state index in [9.17, 15) is 13.2 Å². The summed E-state index contributed by atoms with van der Waals surface area (Å²) in [6.45, 7) is 0.723. The second-order valence-electron chi connectivity index (χ2n) is 6.92. The van der Waals surface area contributed by atoms with Gasteiger partial charge in [0.2, 0.25) is 10.0 Å². The fraction of sp³-hybridized carbons (Fsp3) is 0.333. The maximum absolute atomic E-state index is 13.0. The topological polar surface area (TPSA) is 90.3 Å². The number of likely N-dealkylation sites (tertiary alicyclic amines) is 1. The molecule has 0 bridgehead atoms. The highest BCUT2D eigenvalue weighted by Crippen LogP contribution is 2.26. The fourth-order valence-corrected chi connectivity index (χ4v) is 4.74. The summed E-state index contributed by atoms with van der Waals surface area (Å²) in [6.07, 6.45) is 2.63. The number of hydrogen-bond acceptors (Lipinski definition) is 4. The van der Waals surface area contributed by atoms with E-state index in [0.29, 0.717) is 23.6 Å². The van der Waals surface area contributed by atoms with Gasteiger partial charge in [-0.2, -0.15) is 5.26 Å². The van der Waals surface area contributed by atoms with E-state index in [2.05, 4.69) is 4.72 Å². The Kier molecular flexibility index (Phi) is 6.91. The van der Waals surface area contributed by atoms with E-state index < -0.39 is 10.0 Å². The van der Waals surface area contributed by atoms with Crippen molar-refractivity contribution < 1.29 is 13.2 Å². The molecule has 2 aromatic rings. The minimum absolute atomic E-state index is 0.0526. The van der Waals surface area contributed by atoms with Gasteiger partial charge in [-0.05, 0) is 55.2 Å². The van der Waals surface area contributed by atoms with Crippen LogP contribution in [0.4, 0.5) is 0 Å². The number of halogens is 1. The van der Waals surface area contributed by atoms with E-state index in [1.807, 2.05) is 35.2 Å². The number of nitrogens with one attached hydrogen (secondary N) is 1. The van der Waals surface area contributed by atoms with Gasteiger partial charge < -0.3 is 4.90 Å². The molecule has 0 radical (unpaired) electrons. The molecule has 1 amide bonds. The Morgan fingerprint density at radius 3 is 2.62 bits per heavy atom. The van der Waals surface area contributed by atoms with Gasteiger partial charge in [0.15, 0.2) is 0 Å². The third kappa shape index (κ3) is 5.15. The van der Waals surface area contributed by atoms with Crippen molar-refractivity contribution in [2.75, 3.05) is 13.1 Å². The molecule has 1 atom stereocenters. The summed E-state index contributed by atoms with van der Waals surface area (Å²) >= 11 is 6.27. The number of nitrogens with zero attached hydrogens (tertiary/aromatic N) is 2. The third-order valence-electron chi connectivity index (χ3n) is 4.99. The van der Waals surface area contributed by atoms with Gasteiger partial charge in [-0.1, -0.05) is 29.8 Å². The van der Waals surface area contributed by atoms with Crippen molar-refractivity contribution >= 4 is 27.5 Å². The first kappa shape index (κ1) is 21.3. The Balaban J connectivity index is 1.71. The Hall–Kier alpha value is -2.40. The van der Waals surface area contributed by atoms with Crippen LogP contribution in [0.25, 0.3) is 0 Å². The molecule has 1 N–H and O–H groups in total. The van der Waals surface area contributed by atoms with Crippen molar-refractivity contribution in [3.63, 3.8) is 0 Å². The molecule has 1 aliphatic rings. The number of amides is 1. The predicted octanol–water partition coefficient (Wildman–Crippen LogP) is 3.38. The van der Waals surface area contributed by atoms with Gasteiger partial charge in [0.05, 0.1) is 11.0 Å². The molecular weight excluding hydrogens is 410 g/mol. The predicted molar refractivity (Wildman–Crippen MR) is 111 cm³/mol. The molecule has 0 saturated carbocycles. The lowest BCUT2D eigenvalue weighted by Gasteiger charge is -2.25. The number of nitriles is 1. The number of rotatable bonds is 7. The van der Waals surface area contributed by atoms with Crippen LogP contribution in [0.15, 0.2) is 53.4 Å². The summed E-state index contributed by atoms with van der Waals surface area (Å²) in [5.74, 6) is -0.110. The fourth-order valence-electron chi connectivity index (χ4n) is 3.50. The van der Waals surface area contributed by atoms with Gasteiger partial charge in [-0.3, -0.25) is 4.79 Å². The highest BCUT2D eigenvalue weighted by molar-refractivity contribution is 7.89. The van der Waals surface area contributed by atoms with Crippen LogP contribution >= 0.6 is 11.6 Å². The van der Waals surface area contributed by atoms with Crippen LogP contribution in [0.1, 0.15) is 35.2 Å². The molecule has 2 aromatic carbocycles. The maximum atomic E-state index is 13.0. The molecule has 0 aromatic heterocycles. The lowest BCUT2D eigenvalue weighted by molar-refractivity contribution is 0.0736. The minimum Gasteiger partial charge on any atom is -0.335 e. The molecule has 8 heteroatoms. The van der Waals surface area contributed by atoms with E-state index >= 15 is 0 Å². The molecular formula is C21H22ClN3O3S. The third-order valence-corrected chi connectivity index (χ3v) is 6.84. The van der Waals surface area contributed by atoms with Crippen LogP contribution < -0.4 is 4.72 Å². The summed E-state index contributed by atoms with van der Waals surface area (Å²) in [7, 11) is -3.69. The smallest absolute Gasteiger partial charge is 0.254 e. The van der Waals surface area contributed by atoms with Gasteiger partial charge >= 0.3 is 0 Å². The number of carbonyl (C=O) groups excluding carboxylic acids is 1. The van der Waals surface area contributed by atoms with Crippen LogP contribution in [0, 0.1) is 11.3 Å². The largest absolute Gasteiger partial charge is 0.335 e. The Bertz CT molecular complexity index is 1020. The van der Waals surface area contributed by atoms with Crippen LogP contribution in [0.3, 0.4) is 0 Å². The van der Waals surface area contributed by atoms with Crippen molar-refractivity contribution in [3.05, 3.63) is 64.7 Å². The molecule has 6 nitrogen and oxygen atoms in total. The van der Waals surface area contributed by atoms with Crippen molar-refractivity contribution in [1.82, 2.24) is 9.62 Å². The number of carbonyl (C=O) groups is 1. The van der Waals surface area contributed by atoms with E-state index in [1.54, 1.807) is 0 Å².